The van der Waals surface area contributed by atoms with Crippen molar-refractivity contribution in [3.05, 3.63) is 0 Å². The Bertz CT molecular complexity index is 329. The molecule has 0 spiro atoms. The third kappa shape index (κ3) is 7.28. The van der Waals surface area contributed by atoms with Gasteiger partial charge in [0.15, 0.2) is 0 Å². The topological polar surface area (TPSA) is 17.1 Å². The van der Waals surface area contributed by atoms with Gasteiger partial charge in [-0.25, -0.2) is 0 Å². The Morgan fingerprint density at radius 1 is 0.667 bits per heavy atom. The van der Waals surface area contributed by atoms with Crippen LogP contribution in [0.25, 0.3) is 0 Å². The Labute approximate surface area is 151 Å². The van der Waals surface area contributed by atoms with Crippen LogP contribution in [0.15, 0.2) is 0 Å². The quantitative estimate of drug-likeness (QED) is 0.305. The average Bonchev–Trinajstić information content (AvgIpc) is 2.61. The van der Waals surface area contributed by atoms with Gasteiger partial charge >= 0.3 is 0 Å². The van der Waals surface area contributed by atoms with Crippen LogP contribution in [0.3, 0.4) is 0 Å². The summed E-state index contributed by atoms with van der Waals surface area (Å²) in [6, 6.07) is 0. The van der Waals surface area contributed by atoms with Crippen molar-refractivity contribution in [2.75, 3.05) is 0 Å². The molecule has 3 atom stereocenters. The van der Waals surface area contributed by atoms with Crippen molar-refractivity contribution in [2.45, 2.75) is 110 Å². The SMILES string of the molecule is CC1CCC(CCCCCCCCC2CCC(C=O)CC2)CC1C. The van der Waals surface area contributed by atoms with E-state index >= 15 is 0 Å². The number of carbonyl (C=O) groups is 1. The Hall–Kier alpha value is -0.330. The fourth-order valence-electron chi connectivity index (χ4n) is 5.11. The van der Waals surface area contributed by atoms with Crippen molar-refractivity contribution in [2.24, 2.45) is 29.6 Å². The Kier molecular flexibility index (Phi) is 9.43. The summed E-state index contributed by atoms with van der Waals surface area (Å²) in [4.78, 5) is 10.8. The summed E-state index contributed by atoms with van der Waals surface area (Å²) < 4.78 is 0. The largest absolute Gasteiger partial charge is 0.303 e. The van der Waals surface area contributed by atoms with Gasteiger partial charge in [0.05, 0.1) is 0 Å². The molecule has 2 saturated carbocycles. The van der Waals surface area contributed by atoms with Crippen LogP contribution in [0.2, 0.25) is 0 Å². The fourth-order valence-corrected chi connectivity index (χ4v) is 5.11. The minimum atomic E-state index is 0.386. The standard InChI is InChI=1S/C23H42O/c1-19-11-12-22(17-20(19)2)10-8-6-4-3-5-7-9-21-13-15-23(18-24)16-14-21/h18-23H,3-17H2,1-2H3. The van der Waals surface area contributed by atoms with E-state index in [0.29, 0.717) is 5.92 Å². The van der Waals surface area contributed by atoms with Gasteiger partial charge in [-0.3, -0.25) is 0 Å². The first-order valence-electron chi connectivity index (χ1n) is 11.1. The van der Waals surface area contributed by atoms with Crippen molar-refractivity contribution in [1.82, 2.24) is 0 Å². The second kappa shape index (κ2) is 11.3. The van der Waals surface area contributed by atoms with Gasteiger partial charge in [0.2, 0.25) is 0 Å². The maximum Gasteiger partial charge on any atom is 0.123 e. The highest BCUT2D eigenvalue weighted by Crippen LogP contribution is 2.36. The second-order valence-corrected chi connectivity index (χ2v) is 9.25. The highest BCUT2D eigenvalue weighted by atomic mass is 16.1. The lowest BCUT2D eigenvalue weighted by Crippen LogP contribution is -2.20. The molecule has 1 heteroatoms. The van der Waals surface area contributed by atoms with E-state index in [9.17, 15) is 4.79 Å². The molecule has 0 radical (unpaired) electrons. The molecular formula is C23H42O. The van der Waals surface area contributed by atoms with Crippen LogP contribution in [-0.4, -0.2) is 6.29 Å². The van der Waals surface area contributed by atoms with Gasteiger partial charge in [0, 0.05) is 5.92 Å². The number of hydrogen-bond acceptors (Lipinski definition) is 1. The van der Waals surface area contributed by atoms with Crippen LogP contribution in [0.4, 0.5) is 0 Å². The maximum absolute atomic E-state index is 10.8. The minimum absolute atomic E-state index is 0.386. The lowest BCUT2D eigenvalue weighted by molar-refractivity contribution is -0.112. The van der Waals surface area contributed by atoms with Gasteiger partial charge in [-0.05, 0) is 55.8 Å². The first-order valence-corrected chi connectivity index (χ1v) is 11.1. The zero-order valence-corrected chi connectivity index (χ0v) is 16.5. The summed E-state index contributed by atoms with van der Waals surface area (Å²) in [5.74, 6) is 4.28. The van der Waals surface area contributed by atoms with E-state index in [-0.39, 0.29) is 0 Å². The first kappa shape index (κ1) is 20.0. The van der Waals surface area contributed by atoms with Crippen LogP contribution in [0.5, 0.6) is 0 Å². The maximum atomic E-state index is 10.8. The Morgan fingerprint density at radius 2 is 1.21 bits per heavy atom. The third-order valence-electron chi connectivity index (χ3n) is 7.27. The van der Waals surface area contributed by atoms with Crippen LogP contribution >= 0.6 is 0 Å². The highest BCUT2D eigenvalue weighted by molar-refractivity contribution is 5.53. The number of unbranched alkanes of at least 4 members (excludes halogenated alkanes) is 5. The summed E-state index contributed by atoms with van der Waals surface area (Å²) in [5, 5.41) is 0. The Balaban J connectivity index is 1.38. The molecule has 2 rings (SSSR count). The van der Waals surface area contributed by atoms with Gasteiger partial charge in [-0.1, -0.05) is 78.1 Å². The highest BCUT2D eigenvalue weighted by Gasteiger charge is 2.24. The zero-order valence-electron chi connectivity index (χ0n) is 16.5. The molecule has 24 heavy (non-hydrogen) atoms. The molecule has 140 valence electrons. The number of hydrogen-bond donors (Lipinski definition) is 0. The van der Waals surface area contributed by atoms with Crippen LogP contribution in [-0.2, 0) is 4.79 Å². The zero-order chi connectivity index (χ0) is 17.2. The van der Waals surface area contributed by atoms with Gasteiger partial charge in [-0.15, -0.1) is 0 Å². The molecule has 2 aliphatic rings. The monoisotopic (exact) mass is 334 g/mol. The molecular weight excluding hydrogens is 292 g/mol. The van der Waals surface area contributed by atoms with E-state index in [1.807, 2.05) is 0 Å². The summed E-state index contributed by atoms with van der Waals surface area (Å²) in [7, 11) is 0. The van der Waals surface area contributed by atoms with Gasteiger partial charge in [0.25, 0.3) is 0 Å². The van der Waals surface area contributed by atoms with Crippen LogP contribution < -0.4 is 0 Å². The van der Waals surface area contributed by atoms with Crippen molar-refractivity contribution in [3.63, 3.8) is 0 Å². The van der Waals surface area contributed by atoms with Gasteiger partial charge in [0.1, 0.15) is 6.29 Å². The molecule has 0 aromatic rings. The van der Waals surface area contributed by atoms with E-state index in [0.717, 1.165) is 36.5 Å². The van der Waals surface area contributed by atoms with E-state index in [1.54, 1.807) is 0 Å². The lowest BCUT2D eigenvalue weighted by atomic mass is 9.74. The van der Waals surface area contributed by atoms with Gasteiger partial charge < -0.3 is 4.79 Å². The van der Waals surface area contributed by atoms with E-state index in [2.05, 4.69) is 13.8 Å². The molecule has 0 aliphatic heterocycles. The lowest BCUT2D eigenvalue weighted by Gasteiger charge is -2.32. The molecule has 2 fully saturated rings. The number of aldehydes is 1. The van der Waals surface area contributed by atoms with Crippen molar-refractivity contribution in [3.8, 4) is 0 Å². The van der Waals surface area contributed by atoms with Crippen LogP contribution in [0, 0.1) is 29.6 Å². The predicted octanol–water partition coefficient (Wildman–Crippen LogP) is 7.18. The molecule has 0 heterocycles. The number of rotatable bonds is 10. The molecule has 0 saturated heterocycles. The molecule has 0 aromatic heterocycles. The second-order valence-electron chi connectivity index (χ2n) is 9.25. The van der Waals surface area contributed by atoms with Crippen molar-refractivity contribution >= 4 is 6.29 Å². The molecule has 1 nitrogen and oxygen atoms in total. The van der Waals surface area contributed by atoms with Gasteiger partial charge in [-0.2, -0.15) is 0 Å². The summed E-state index contributed by atoms with van der Waals surface area (Å²) in [5.41, 5.74) is 0. The van der Waals surface area contributed by atoms with Crippen molar-refractivity contribution < 1.29 is 4.79 Å². The molecule has 2 aliphatic carbocycles. The molecule has 3 unspecified atom stereocenters. The Morgan fingerprint density at radius 3 is 1.79 bits per heavy atom. The number of carbonyl (C=O) groups excluding carboxylic acids is 1. The van der Waals surface area contributed by atoms with Crippen LogP contribution in [0.1, 0.15) is 110 Å². The molecule has 0 amide bonds. The minimum Gasteiger partial charge on any atom is -0.303 e. The summed E-state index contributed by atoms with van der Waals surface area (Å²) in [6.45, 7) is 4.90. The smallest absolute Gasteiger partial charge is 0.123 e. The molecule has 0 bridgehead atoms. The summed E-state index contributed by atoms with van der Waals surface area (Å²) >= 11 is 0. The van der Waals surface area contributed by atoms with E-state index < -0.39 is 0 Å². The van der Waals surface area contributed by atoms with Crippen molar-refractivity contribution in [1.29, 1.82) is 0 Å². The predicted molar refractivity (Wildman–Crippen MR) is 104 cm³/mol. The molecule has 0 aromatic carbocycles. The summed E-state index contributed by atoms with van der Waals surface area (Å²) in [6.07, 6.45) is 22.2. The third-order valence-corrected chi connectivity index (χ3v) is 7.27. The van der Waals surface area contributed by atoms with E-state index in [4.69, 9.17) is 0 Å². The first-order chi connectivity index (χ1) is 11.7. The fraction of sp³-hybridized carbons (Fsp3) is 0.957. The normalized spacial score (nSPS) is 34.2. The molecule has 0 N–H and O–H groups in total. The average molecular weight is 335 g/mol. The van der Waals surface area contributed by atoms with E-state index in [1.165, 1.54) is 89.8 Å².